The van der Waals surface area contributed by atoms with Crippen molar-refractivity contribution in [1.29, 1.82) is 0 Å². The minimum absolute atomic E-state index is 0.0955. The van der Waals surface area contributed by atoms with Crippen LogP contribution in [0.2, 0.25) is 0 Å². The summed E-state index contributed by atoms with van der Waals surface area (Å²) in [7, 11) is 0. The fraction of sp³-hybridized carbons (Fsp3) is 0.333. The molecule has 0 aliphatic heterocycles. The number of carbonyl (C=O) groups is 2. The van der Waals surface area contributed by atoms with Crippen LogP contribution in [0.5, 0.6) is 5.75 Å². The van der Waals surface area contributed by atoms with Crippen LogP contribution in [0.15, 0.2) is 24.3 Å². The number of ether oxygens (including phenoxy) is 2. The Morgan fingerprint density at radius 3 is 2.42 bits per heavy atom. The Hall–Kier alpha value is -2.05. The Bertz CT molecular complexity index is 462. The summed E-state index contributed by atoms with van der Waals surface area (Å²) in [5.74, 6) is -3.14. The van der Waals surface area contributed by atoms with Crippen molar-refractivity contribution in [2.24, 2.45) is 0 Å². The van der Waals surface area contributed by atoms with Crippen LogP contribution < -0.4 is 4.74 Å². The van der Waals surface area contributed by atoms with Crippen molar-refractivity contribution in [2.45, 2.75) is 19.7 Å². The van der Waals surface area contributed by atoms with Crippen molar-refractivity contribution < 1.29 is 32.2 Å². The summed E-state index contributed by atoms with van der Waals surface area (Å²) in [6.07, 6.45) is -2.57. The Morgan fingerprint density at radius 1 is 1.21 bits per heavy atom. The molecule has 0 spiro atoms. The molecule has 0 saturated carbocycles. The first-order chi connectivity index (χ1) is 8.97. The lowest BCUT2D eigenvalue weighted by Gasteiger charge is -2.11. The minimum Gasteiger partial charge on any atom is -0.463 e. The molecular formula is C12H11F3O4. The highest BCUT2D eigenvalue weighted by molar-refractivity contribution is 6.12. The van der Waals surface area contributed by atoms with Gasteiger partial charge in [-0.3, -0.25) is 4.79 Å². The summed E-state index contributed by atoms with van der Waals surface area (Å²) in [5, 5.41) is 0. The van der Waals surface area contributed by atoms with Crippen LogP contribution in [0.25, 0.3) is 0 Å². The van der Waals surface area contributed by atoms with Crippen LogP contribution in [0, 0.1) is 0 Å². The second kappa shape index (κ2) is 6.77. The molecule has 1 rings (SSSR count). The zero-order valence-electron chi connectivity index (χ0n) is 9.94. The van der Waals surface area contributed by atoms with Crippen molar-refractivity contribution >= 4 is 11.8 Å². The third-order valence-electron chi connectivity index (χ3n) is 2.09. The fourth-order valence-electron chi connectivity index (χ4n) is 1.33. The number of para-hydroxylation sites is 1. The van der Waals surface area contributed by atoms with E-state index in [1.165, 1.54) is 19.1 Å². The summed E-state index contributed by atoms with van der Waals surface area (Å²) in [5.41, 5.74) is -0.441. The molecule has 104 valence electrons. The average molecular weight is 276 g/mol. The standard InChI is InChI=1S/C12H11F3O4/c1-2-18-11(17)9(13)10(16)7-5-3-4-6-8(7)19-12(14)15/h3-6,9,12H,2H2,1H3. The van der Waals surface area contributed by atoms with Crippen molar-refractivity contribution in [3.63, 3.8) is 0 Å². The van der Waals surface area contributed by atoms with Crippen LogP contribution in [0.3, 0.4) is 0 Å². The van der Waals surface area contributed by atoms with Crippen LogP contribution in [-0.2, 0) is 9.53 Å². The molecule has 0 heterocycles. The molecule has 1 unspecified atom stereocenters. The Kier molecular flexibility index (Phi) is 5.35. The molecule has 0 aliphatic rings. The molecule has 7 heteroatoms. The smallest absolute Gasteiger partial charge is 0.387 e. The fourth-order valence-corrected chi connectivity index (χ4v) is 1.33. The molecule has 0 bridgehead atoms. The maximum absolute atomic E-state index is 13.5. The number of ketones is 1. The van der Waals surface area contributed by atoms with Gasteiger partial charge in [-0.2, -0.15) is 8.78 Å². The largest absolute Gasteiger partial charge is 0.463 e. The lowest BCUT2D eigenvalue weighted by atomic mass is 10.1. The summed E-state index contributed by atoms with van der Waals surface area (Å²) < 4.78 is 46.2. The van der Waals surface area contributed by atoms with E-state index in [2.05, 4.69) is 9.47 Å². The first kappa shape index (κ1) is 15.0. The lowest BCUT2D eigenvalue weighted by molar-refractivity contribution is -0.147. The SMILES string of the molecule is CCOC(=O)C(F)C(=O)c1ccccc1OC(F)F. The second-order valence-electron chi connectivity index (χ2n) is 3.35. The van der Waals surface area contributed by atoms with Gasteiger partial charge in [0.05, 0.1) is 12.2 Å². The van der Waals surface area contributed by atoms with Gasteiger partial charge in [-0.05, 0) is 19.1 Å². The van der Waals surface area contributed by atoms with Crippen LogP contribution >= 0.6 is 0 Å². The first-order valence-corrected chi connectivity index (χ1v) is 5.36. The molecule has 0 N–H and O–H groups in total. The van der Waals surface area contributed by atoms with Crippen LogP contribution in [-0.4, -0.2) is 31.1 Å². The molecule has 4 nitrogen and oxygen atoms in total. The number of hydrogen-bond acceptors (Lipinski definition) is 4. The zero-order chi connectivity index (χ0) is 14.4. The van der Waals surface area contributed by atoms with Gasteiger partial charge in [-0.1, -0.05) is 12.1 Å². The van der Waals surface area contributed by atoms with E-state index in [1.54, 1.807) is 0 Å². The Balaban J connectivity index is 2.96. The second-order valence-corrected chi connectivity index (χ2v) is 3.35. The first-order valence-electron chi connectivity index (χ1n) is 5.36. The van der Waals surface area contributed by atoms with Gasteiger partial charge < -0.3 is 9.47 Å². The van der Waals surface area contributed by atoms with Gasteiger partial charge in [0, 0.05) is 0 Å². The van der Waals surface area contributed by atoms with Gasteiger partial charge in [0.2, 0.25) is 5.78 Å². The number of benzene rings is 1. The van der Waals surface area contributed by atoms with Crippen molar-refractivity contribution in [2.75, 3.05) is 6.61 Å². The third-order valence-corrected chi connectivity index (χ3v) is 2.09. The van der Waals surface area contributed by atoms with Crippen molar-refractivity contribution in [3.05, 3.63) is 29.8 Å². The summed E-state index contributed by atoms with van der Waals surface area (Å²) in [6.45, 7) is -1.81. The third kappa shape index (κ3) is 3.97. The normalized spacial score (nSPS) is 12.1. The average Bonchev–Trinajstić information content (AvgIpc) is 2.37. The van der Waals surface area contributed by atoms with Gasteiger partial charge >= 0.3 is 12.6 Å². The zero-order valence-corrected chi connectivity index (χ0v) is 9.94. The van der Waals surface area contributed by atoms with Crippen LogP contribution in [0.4, 0.5) is 13.2 Å². The molecule has 19 heavy (non-hydrogen) atoms. The Labute approximate surface area is 107 Å². The molecule has 0 saturated heterocycles. The van der Waals surface area contributed by atoms with Crippen LogP contribution in [0.1, 0.15) is 17.3 Å². The molecule has 1 atom stereocenters. The van der Waals surface area contributed by atoms with Crippen molar-refractivity contribution in [3.8, 4) is 5.75 Å². The molecule has 0 radical (unpaired) electrons. The Morgan fingerprint density at radius 2 is 1.84 bits per heavy atom. The number of rotatable bonds is 6. The number of alkyl halides is 3. The number of carbonyl (C=O) groups excluding carboxylic acids is 2. The molecule has 0 amide bonds. The van der Waals surface area contributed by atoms with E-state index in [0.717, 1.165) is 12.1 Å². The van der Waals surface area contributed by atoms with E-state index in [0.29, 0.717) is 0 Å². The van der Waals surface area contributed by atoms with E-state index < -0.39 is 35.8 Å². The quantitative estimate of drug-likeness (QED) is 0.455. The highest BCUT2D eigenvalue weighted by atomic mass is 19.3. The van der Waals surface area contributed by atoms with Gasteiger partial charge in [0.15, 0.2) is 0 Å². The van der Waals surface area contributed by atoms with Crippen molar-refractivity contribution in [1.82, 2.24) is 0 Å². The van der Waals surface area contributed by atoms with Gasteiger partial charge in [0.1, 0.15) is 5.75 Å². The number of esters is 1. The highest BCUT2D eigenvalue weighted by Gasteiger charge is 2.30. The molecule has 0 aliphatic carbocycles. The monoisotopic (exact) mass is 276 g/mol. The molecule has 1 aromatic carbocycles. The lowest BCUT2D eigenvalue weighted by Crippen LogP contribution is -2.28. The van der Waals surface area contributed by atoms with E-state index in [9.17, 15) is 22.8 Å². The molecular weight excluding hydrogens is 265 g/mol. The predicted molar refractivity (Wildman–Crippen MR) is 58.9 cm³/mol. The van der Waals surface area contributed by atoms with Gasteiger partial charge in [0.25, 0.3) is 6.17 Å². The molecule has 0 fully saturated rings. The van der Waals surface area contributed by atoms with E-state index in [4.69, 9.17) is 0 Å². The van der Waals surface area contributed by atoms with Gasteiger partial charge in [-0.25, -0.2) is 9.18 Å². The number of Topliss-reactive ketones (excluding diaryl/α,β-unsaturated/α-hetero) is 1. The molecule has 0 aromatic heterocycles. The maximum Gasteiger partial charge on any atom is 0.387 e. The van der Waals surface area contributed by atoms with Gasteiger partial charge in [-0.15, -0.1) is 0 Å². The molecule has 1 aromatic rings. The number of hydrogen-bond donors (Lipinski definition) is 0. The topological polar surface area (TPSA) is 52.6 Å². The minimum atomic E-state index is -3.16. The number of halogens is 3. The summed E-state index contributed by atoms with van der Waals surface area (Å²) in [4.78, 5) is 22.7. The maximum atomic E-state index is 13.5. The summed E-state index contributed by atoms with van der Waals surface area (Å²) >= 11 is 0. The van der Waals surface area contributed by atoms with E-state index in [1.807, 2.05) is 0 Å². The van der Waals surface area contributed by atoms with E-state index >= 15 is 0 Å². The predicted octanol–water partition coefficient (Wildman–Crippen LogP) is 2.37. The highest BCUT2D eigenvalue weighted by Crippen LogP contribution is 2.22. The summed E-state index contributed by atoms with van der Waals surface area (Å²) in [6, 6.07) is 4.85. The van der Waals surface area contributed by atoms with E-state index in [-0.39, 0.29) is 6.61 Å².